The maximum Gasteiger partial charge on any atom is 0.162 e. The molecule has 4 heterocycles. The molecule has 0 aromatic carbocycles. The van der Waals surface area contributed by atoms with Crippen molar-refractivity contribution in [2.75, 3.05) is 6.54 Å². The minimum absolute atomic E-state index is 0.458. The minimum Gasteiger partial charge on any atom is -0.459 e. The van der Waals surface area contributed by atoms with E-state index in [1.807, 2.05) is 37.0 Å². The van der Waals surface area contributed by atoms with Crippen LogP contribution in [0.1, 0.15) is 35.9 Å². The molecule has 5 nitrogen and oxygen atoms in total. The van der Waals surface area contributed by atoms with Gasteiger partial charge in [0.1, 0.15) is 5.76 Å². The van der Waals surface area contributed by atoms with Gasteiger partial charge >= 0.3 is 0 Å². The van der Waals surface area contributed by atoms with E-state index in [9.17, 15) is 0 Å². The van der Waals surface area contributed by atoms with Crippen LogP contribution < -0.4 is 0 Å². The van der Waals surface area contributed by atoms with Gasteiger partial charge in [0.2, 0.25) is 0 Å². The van der Waals surface area contributed by atoms with Crippen LogP contribution >= 0.6 is 11.3 Å². The van der Waals surface area contributed by atoms with Gasteiger partial charge in [0, 0.05) is 36.8 Å². The number of furan rings is 1. The second kappa shape index (κ2) is 5.94. The molecule has 3 aromatic heterocycles. The minimum atomic E-state index is 0.458. The number of rotatable bonds is 4. The molecule has 120 valence electrons. The number of aryl methyl sites for hydroxylation is 2. The predicted octanol–water partition coefficient (Wildman–Crippen LogP) is 3.78. The lowest BCUT2D eigenvalue weighted by molar-refractivity contribution is 0.246. The molecule has 0 N–H and O–H groups in total. The first-order valence-corrected chi connectivity index (χ1v) is 8.81. The third-order valence-electron chi connectivity index (χ3n) is 4.34. The highest BCUT2D eigenvalue weighted by molar-refractivity contribution is 7.13. The molecule has 0 unspecified atom stereocenters. The van der Waals surface area contributed by atoms with E-state index in [1.54, 1.807) is 11.3 Å². The maximum atomic E-state index is 5.67. The molecule has 1 fully saturated rings. The fourth-order valence-corrected chi connectivity index (χ4v) is 4.03. The van der Waals surface area contributed by atoms with Crippen molar-refractivity contribution in [3.05, 3.63) is 46.9 Å². The second-order valence-electron chi connectivity index (χ2n) is 6.13. The summed E-state index contributed by atoms with van der Waals surface area (Å²) in [6, 6.07) is 4.43. The molecule has 0 radical (unpaired) electrons. The SMILES string of the molecule is Cc1ccc(-c2nc(CN3CCC[C@@H]3c3cnn(C)c3)cs2)o1. The van der Waals surface area contributed by atoms with Gasteiger partial charge in [-0.2, -0.15) is 5.10 Å². The van der Waals surface area contributed by atoms with Crippen LogP contribution in [0, 0.1) is 6.92 Å². The lowest BCUT2D eigenvalue weighted by atomic mass is 10.1. The van der Waals surface area contributed by atoms with Gasteiger partial charge in [-0.05, 0) is 38.4 Å². The molecule has 1 atom stereocenters. The van der Waals surface area contributed by atoms with Crippen molar-refractivity contribution in [3.63, 3.8) is 0 Å². The number of nitrogens with zero attached hydrogens (tertiary/aromatic N) is 4. The Balaban J connectivity index is 1.50. The molecular formula is C17H20N4OS. The summed E-state index contributed by atoms with van der Waals surface area (Å²) in [7, 11) is 1.97. The van der Waals surface area contributed by atoms with Crippen LogP contribution in [-0.2, 0) is 13.6 Å². The Morgan fingerprint density at radius 1 is 1.39 bits per heavy atom. The maximum absolute atomic E-state index is 5.67. The van der Waals surface area contributed by atoms with Crippen molar-refractivity contribution in [1.29, 1.82) is 0 Å². The summed E-state index contributed by atoms with van der Waals surface area (Å²) < 4.78 is 7.55. The summed E-state index contributed by atoms with van der Waals surface area (Å²) in [5.41, 5.74) is 2.43. The molecule has 4 rings (SSSR count). The average Bonchev–Trinajstić information content (AvgIpc) is 3.26. The molecule has 23 heavy (non-hydrogen) atoms. The zero-order chi connectivity index (χ0) is 15.8. The fraction of sp³-hybridized carbons (Fsp3) is 0.412. The van der Waals surface area contributed by atoms with Crippen LogP contribution in [0.25, 0.3) is 10.8 Å². The number of aromatic nitrogens is 3. The molecule has 0 saturated carbocycles. The zero-order valence-electron chi connectivity index (χ0n) is 13.4. The number of hydrogen-bond donors (Lipinski definition) is 0. The van der Waals surface area contributed by atoms with E-state index in [1.165, 1.54) is 18.4 Å². The molecule has 0 amide bonds. The molecule has 1 aliphatic heterocycles. The highest BCUT2D eigenvalue weighted by Gasteiger charge is 2.27. The standard InChI is InChI=1S/C17H20N4OS/c1-12-5-6-16(22-12)17-19-14(11-23-17)10-21-7-3-4-15(21)13-8-18-20(2)9-13/h5-6,8-9,11,15H,3-4,7,10H2,1-2H3/t15-/m1/s1. The highest BCUT2D eigenvalue weighted by atomic mass is 32.1. The first-order chi connectivity index (χ1) is 11.2. The van der Waals surface area contributed by atoms with Crippen molar-refractivity contribution in [2.24, 2.45) is 7.05 Å². The van der Waals surface area contributed by atoms with Gasteiger partial charge in [-0.25, -0.2) is 4.98 Å². The van der Waals surface area contributed by atoms with Crippen LogP contribution in [-0.4, -0.2) is 26.2 Å². The Morgan fingerprint density at radius 2 is 2.30 bits per heavy atom. The summed E-state index contributed by atoms with van der Waals surface area (Å²) in [5, 5.41) is 7.42. The molecule has 1 saturated heterocycles. The molecule has 6 heteroatoms. The fourth-order valence-electron chi connectivity index (χ4n) is 3.26. The molecule has 1 aliphatic rings. The van der Waals surface area contributed by atoms with Crippen LogP contribution in [0.15, 0.2) is 34.3 Å². The smallest absolute Gasteiger partial charge is 0.162 e. The Labute approximate surface area is 139 Å². The molecule has 0 spiro atoms. The summed E-state index contributed by atoms with van der Waals surface area (Å²) in [5.74, 6) is 1.79. The van der Waals surface area contributed by atoms with E-state index in [0.29, 0.717) is 6.04 Å². The molecule has 3 aromatic rings. The van der Waals surface area contributed by atoms with Crippen molar-refractivity contribution < 1.29 is 4.42 Å². The Morgan fingerprint density at radius 3 is 3.04 bits per heavy atom. The normalized spacial score (nSPS) is 18.8. The van der Waals surface area contributed by atoms with Crippen LogP contribution in [0.5, 0.6) is 0 Å². The van der Waals surface area contributed by atoms with Gasteiger partial charge in [-0.3, -0.25) is 9.58 Å². The number of likely N-dealkylation sites (tertiary alicyclic amines) is 1. The Kier molecular flexibility index (Phi) is 3.79. The van der Waals surface area contributed by atoms with Crippen molar-refractivity contribution in [2.45, 2.75) is 32.4 Å². The van der Waals surface area contributed by atoms with Crippen molar-refractivity contribution in [3.8, 4) is 10.8 Å². The predicted molar refractivity (Wildman–Crippen MR) is 90.1 cm³/mol. The third-order valence-corrected chi connectivity index (χ3v) is 5.25. The van der Waals surface area contributed by atoms with E-state index in [-0.39, 0.29) is 0 Å². The summed E-state index contributed by atoms with van der Waals surface area (Å²) >= 11 is 1.65. The van der Waals surface area contributed by atoms with Gasteiger partial charge in [0.25, 0.3) is 0 Å². The van der Waals surface area contributed by atoms with E-state index >= 15 is 0 Å². The summed E-state index contributed by atoms with van der Waals surface area (Å²) in [6.45, 7) is 3.96. The highest BCUT2D eigenvalue weighted by Crippen LogP contribution is 2.33. The lowest BCUT2D eigenvalue weighted by Crippen LogP contribution is -2.22. The summed E-state index contributed by atoms with van der Waals surface area (Å²) in [6.07, 6.45) is 6.54. The van der Waals surface area contributed by atoms with Gasteiger partial charge in [0.15, 0.2) is 10.8 Å². The number of hydrogen-bond acceptors (Lipinski definition) is 5. The van der Waals surface area contributed by atoms with Crippen molar-refractivity contribution >= 4 is 11.3 Å². The summed E-state index contributed by atoms with van der Waals surface area (Å²) in [4.78, 5) is 7.26. The largest absolute Gasteiger partial charge is 0.459 e. The third kappa shape index (κ3) is 2.96. The van der Waals surface area contributed by atoms with Gasteiger partial charge < -0.3 is 4.42 Å². The average molecular weight is 328 g/mol. The quantitative estimate of drug-likeness (QED) is 0.731. The first kappa shape index (κ1) is 14.7. The zero-order valence-corrected chi connectivity index (χ0v) is 14.2. The molecular weight excluding hydrogens is 308 g/mol. The van der Waals surface area contributed by atoms with E-state index < -0.39 is 0 Å². The van der Waals surface area contributed by atoms with E-state index in [4.69, 9.17) is 9.40 Å². The van der Waals surface area contributed by atoms with E-state index in [2.05, 4.69) is 21.6 Å². The van der Waals surface area contributed by atoms with Crippen LogP contribution in [0.3, 0.4) is 0 Å². The topological polar surface area (TPSA) is 47.1 Å². The number of thiazole rings is 1. The van der Waals surface area contributed by atoms with Crippen LogP contribution in [0.4, 0.5) is 0 Å². The second-order valence-corrected chi connectivity index (χ2v) is 6.99. The monoisotopic (exact) mass is 328 g/mol. The lowest BCUT2D eigenvalue weighted by Gasteiger charge is -2.22. The van der Waals surface area contributed by atoms with E-state index in [0.717, 1.165) is 35.3 Å². The van der Waals surface area contributed by atoms with Crippen LogP contribution in [0.2, 0.25) is 0 Å². The Bertz CT molecular complexity index is 803. The van der Waals surface area contributed by atoms with Crippen molar-refractivity contribution in [1.82, 2.24) is 19.7 Å². The first-order valence-electron chi connectivity index (χ1n) is 7.93. The Hall–Kier alpha value is -1.92. The van der Waals surface area contributed by atoms with Gasteiger partial charge in [-0.15, -0.1) is 11.3 Å². The molecule has 0 bridgehead atoms. The molecule has 0 aliphatic carbocycles. The van der Waals surface area contributed by atoms with Gasteiger partial charge in [0.05, 0.1) is 11.9 Å². The van der Waals surface area contributed by atoms with Gasteiger partial charge in [-0.1, -0.05) is 0 Å².